The minimum absolute atomic E-state index is 0.163. The Kier molecular flexibility index (Phi) is 7.54. The van der Waals surface area contributed by atoms with E-state index in [1.807, 2.05) is 25.1 Å². The van der Waals surface area contributed by atoms with Crippen LogP contribution in [0.4, 0.5) is 5.69 Å². The van der Waals surface area contributed by atoms with Crippen LogP contribution in [0.3, 0.4) is 0 Å². The number of benzene rings is 2. The van der Waals surface area contributed by atoms with Gasteiger partial charge in [0.05, 0.1) is 36.8 Å². The van der Waals surface area contributed by atoms with Crippen molar-refractivity contribution in [3.63, 3.8) is 0 Å². The van der Waals surface area contributed by atoms with Crippen molar-refractivity contribution in [2.75, 3.05) is 25.2 Å². The molecule has 198 valence electrons. The van der Waals surface area contributed by atoms with Gasteiger partial charge in [0, 0.05) is 13.0 Å². The molecule has 3 aliphatic rings. The number of allylic oxidation sites excluding steroid dienone is 1. The fourth-order valence-corrected chi connectivity index (χ4v) is 6.19. The van der Waals surface area contributed by atoms with E-state index >= 15 is 0 Å². The van der Waals surface area contributed by atoms with Gasteiger partial charge in [-0.3, -0.25) is 14.5 Å². The van der Waals surface area contributed by atoms with Gasteiger partial charge in [-0.2, -0.15) is 0 Å². The number of phenolic OH excluding ortho intramolecular Hbond substituents is 1. The van der Waals surface area contributed by atoms with E-state index in [-0.39, 0.29) is 35.0 Å². The molecule has 2 saturated heterocycles. The number of anilines is 1. The van der Waals surface area contributed by atoms with Gasteiger partial charge in [0.15, 0.2) is 0 Å². The van der Waals surface area contributed by atoms with E-state index in [1.165, 1.54) is 17.0 Å². The van der Waals surface area contributed by atoms with Gasteiger partial charge in [-0.25, -0.2) is 0 Å². The molecule has 0 bridgehead atoms. The number of ether oxygens (including phenoxy) is 2. The van der Waals surface area contributed by atoms with Crippen molar-refractivity contribution in [3.8, 4) is 5.75 Å². The molecule has 4 atom stereocenters. The SMILES string of the molecule is COCC1=C2[C@@H](CC/C(C)=C/c3cccc(O)c3)OC[C@@H]2[C@@H]2C(=O)N(c3cccc(B(O)O)c3)C(=O)[C@@H]2C1. The Bertz CT molecular complexity index is 1300. The second-order valence-corrected chi connectivity index (χ2v) is 10.4. The summed E-state index contributed by atoms with van der Waals surface area (Å²) >= 11 is 0. The van der Waals surface area contributed by atoms with Gasteiger partial charge in [-0.15, -0.1) is 0 Å². The lowest BCUT2D eigenvalue weighted by atomic mass is 9.69. The van der Waals surface area contributed by atoms with E-state index in [4.69, 9.17) is 9.47 Å². The number of nitrogens with zero attached hydrogens (tertiary/aromatic N) is 1. The third-order valence-corrected chi connectivity index (χ3v) is 7.84. The molecule has 3 N–H and O–H groups in total. The fraction of sp³-hybridized carbons (Fsp3) is 0.379. The number of hydrogen-bond donors (Lipinski definition) is 3. The Hall–Kier alpha value is -3.24. The molecular weight excluding hydrogens is 485 g/mol. The Morgan fingerprint density at radius 1 is 1.13 bits per heavy atom. The Balaban J connectivity index is 1.38. The van der Waals surface area contributed by atoms with E-state index in [1.54, 1.807) is 31.4 Å². The van der Waals surface area contributed by atoms with Crippen molar-refractivity contribution in [1.82, 2.24) is 0 Å². The number of hydrogen-bond acceptors (Lipinski definition) is 7. The molecule has 0 saturated carbocycles. The summed E-state index contributed by atoms with van der Waals surface area (Å²) in [5, 5.41) is 28.9. The largest absolute Gasteiger partial charge is 0.508 e. The summed E-state index contributed by atoms with van der Waals surface area (Å²) in [6.07, 6.45) is 3.83. The lowest BCUT2D eigenvalue weighted by Gasteiger charge is -2.31. The molecule has 0 radical (unpaired) electrons. The lowest BCUT2D eigenvalue weighted by molar-refractivity contribution is -0.122. The summed E-state index contributed by atoms with van der Waals surface area (Å²) in [5.41, 5.74) is 4.75. The van der Waals surface area contributed by atoms with Crippen LogP contribution in [0.1, 0.15) is 31.7 Å². The second kappa shape index (κ2) is 10.9. The predicted molar refractivity (Wildman–Crippen MR) is 143 cm³/mol. The molecule has 8 nitrogen and oxygen atoms in total. The Labute approximate surface area is 222 Å². The molecule has 2 amide bonds. The zero-order valence-corrected chi connectivity index (χ0v) is 21.5. The van der Waals surface area contributed by atoms with Gasteiger partial charge in [0.2, 0.25) is 11.8 Å². The molecule has 2 aromatic rings. The summed E-state index contributed by atoms with van der Waals surface area (Å²) in [6, 6.07) is 13.4. The third kappa shape index (κ3) is 4.95. The number of phenols is 1. The highest BCUT2D eigenvalue weighted by Crippen LogP contribution is 2.50. The quantitative estimate of drug-likeness (QED) is 0.280. The van der Waals surface area contributed by atoms with Crippen LogP contribution in [0.5, 0.6) is 5.75 Å². The van der Waals surface area contributed by atoms with Crippen molar-refractivity contribution in [3.05, 3.63) is 70.8 Å². The van der Waals surface area contributed by atoms with Crippen LogP contribution < -0.4 is 10.4 Å². The predicted octanol–water partition coefficient (Wildman–Crippen LogP) is 2.42. The van der Waals surface area contributed by atoms with Crippen LogP contribution in [0.2, 0.25) is 0 Å². The number of amides is 2. The average molecular weight is 517 g/mol. The highest BCUT2D eigenvalue weighted by atomic mass is 16.5. The topological polar surface area (TPSA) is 117 Å². The molecule has 9 heteroatoms. The Morgan fingerprint density at radius 3 is 2.66 bits per heavy atom. The molecule has 38 heavy (non-hydrogen) atoms. The number of rotatable bonds is 8. The molecule has 2 aliphatic heterocycles. The molecule has 0 aromatic heterocycles. The highest BCUT2D eigenvalue weighted by Gasteiger charge is 2.57. The van der Waals surface area contributed by atoms with E-state index < -0.39 is 19.0 Å². The number of imide groups is 1. The van der Waals surface area contributed by atoms with Gasteiger partial charge in [-0.05, 0) is 72.6 Å². The minimum Gasteiger partial charge on any atom is -0.508 e. The number of carbonyl (C=O) groups is 2. The summed E-state index contributed by atoms with van der Waals surface area (Å²) in [4.78, 5) is 28.4. The number of carbonyl (C=O) groups excluding carboxylic acids is 2. The van der Waals surface area contributed by atoms with E-state index in [0.717, 1.165) is 35.1 Å². The smallest absolute Gasteiger partial charge is 0.488 e. The summed E-state index contributed by atoms with van der Waals surface area (Å²) in [6.45, 7) is 2.79. The maximum Gasteiger partial charge on any atom is 0.488 e. The molecular formula is C29H32BNO7. The van der Waals surface area contributed by atoms with Crippen LogP contribution in [-0.4, -0.2) is 60.5 Å². The van der Waals surface area contributed by atoms with Gasteiger partial charge in [0.1, 0.15) is 5.75 Å². The van der Waals surface area contributed by atoms with Gasteiger partial charge >= 0.3 is 7.12 Å². The first kappa shape index (κ1) is 26.4. The van der Waals surface area contributed by atoms with Gasteiger partial charge < -0.3 is 24.6 Å². The first-order valence-electron chi connectivity index (χ1n) is 12.9. The minimum atomic E-state index is -1.69. The third-order valence-electron chi connectivity index (χ3n) is 7.84. The van der Waals surface area contributed by atoms with Crippen molar-refractivity contribution >= 4 is 36.2 Å². The summed E-state index contributed by atoms with van der Waals surface area (Å²) < 4.78 is 11.8. The molecule has 2 fully saturated rings. The van der Waals surface area contributed by atoms with Crippen molar-refractivity contribution < 1.29 is 34.2 Å². The fourth-order valence-electron chi connectivity index (χ4n) is 6.19. The van der Waals surface area contributed by atoms with Crippen LogP contribution in [0.15, 0.2) is 65.3 Å². The lowest BCUT2D eigenvalue weighted by Crippen LogP contribution is -2.36. The van der Waals surface area contributed by atoms with E-state index in [2.05, 4.69) is 0 Å². The normalized spacial score (nSPS) is 25.2. The number of methoxy groups -OCH3 is 1. The second-order valence-electron chi connectivity index (χ2n) is 10.4. The van der Waals surface area contributed by atoms with E-state index in [0.29, 0.717) is 25.3 Å². The maximum atomic E-state index is 13.7. The monoisotopic (exact) mass is 517 g/mol. The highest BCUT2D eigenvalue weighted by molar-refractivity contribution is 6.58. The van der Waals surface area contributed by atoms with Crippen LogP contribution in [-0.2, 0) is 19.1 Å². The summed E-state index contributed by atoms with van der Waals surface area (Å²) in [5.74, 6) is -1.54. The average Bonchev–Trinajstić information content (AvgIpc) is 3.41. The summed E-state index contributed by atoms with van der Waals surface area (Å²) in [7, 11) is -0.0676. The molecule has 0 spiro atoms. The molecule has 5 rings (SSSR count). The zero-order valence-electron chi connectivity index (χ0n) is 21.5. The van der Waals surface area contributed by atoms with Crippen LogP contribution in [0, 0.1) is 17.8 Å². The van der Waals surface area contributed by atoms with Gasteiger partial charge in [-0.1, -0.05) is 35.9 Å². The maximum absolute atomic E-state index is 13.7. The first-order valence-corrected chi connectivity index (χ1v) is 12.9. The van der Waals surface area contributed by atoms with Crippen LogP contribution >= 0.6 is 0 Å². The molecule has 2 heterocycles. The standard InChI is InChI=1S/C29H32BNO7/c1-17(11-18-5-3-8-22(32)12-18)9-10-25-26-19(15-37-2)13-23-27(24(26)16-38-25)29(34)31(28(23)33)21-7-4-6-20(14-21)30(35)36/h3-8,11-12,14,23-25,27,32,35-36H,9-10,13,15-16H2,1-2H3/b17-11+/t23-,24+,25-,27-/m1/s1. The number of aromatic hydroxyl groups is 1. The van der Waals surface area contributed by atoms with Crippen molar-refractivity contribution in [1.29, 1.82) is 0 Å². The van der Waals surface area contributed by atoms with Crippen molar-refractivity contribution in [2.45, 2.75) is 32.3 Å². The molecule has 0 unspecified atom stereocenters. The van der Waals surface area contributed by atoms with E-state index in [9.17, 15) is 24.7 Å². The first-order chi connectivity index (χ1) is 18.3. The molecule has 2 aromatic carbocycles. The zero-order chi connectivity index (χ0) is 27.0. The Morgan fingerprint density at radius 2 is 1.92 bits per heavy atom. The van der Waals surface area contributed by atoms with Crippen LogP contribution in [0.25, 0.3) is 6.08 Å². The van der Waals surface area contributed by atoms with Crippen molar-refractivity contribution in [2.24, 2.45) is 17.8 Å². The number of fused-ring (bicyclic) bond motifs is 3. The van der Waals surface area contributed by atoms with Gasteiger partial charge in [0.25, 0.3) is 0 Å². The molecule has 1 aliphatic carbocycles.